The summed E-state index contributed by atoms with van der Waals surface area (Å²) in [4.78, 5) is 4.67. The summed E-state index contributed by atoms with van der Waals surface area (Å²) in [5, 5.41) is 6.37. The first kappa shape index (κ1) is 33.9. The minimum Gasteiger partial charge on any atom is -0.354 e. The van der Waals surface area contributed by atoms with Crippen molar-refractivity contribution in [2.24, 2.45) is 0 Å². The molecule has 276 valence electrons. The zero-order valence-electron chi connectivity index (χ0n) is 32.5. The molecule has 1 N–H and O–H groups in total. The number of rotatable bonds is 7. The van der Waals surface area contributed by atoms with Gasteiger partial charge in [-0.25, -0.2) is 0 Å². The van der Waals surface area contributed by atoms with Gasteiger partial charge in [0.2, 0.25) is 0 Å². The summed E-state index contributed by atoms with van der Waals surface area (Å²) in [6, 6.07) is 74.8. The summed E-state index contributed by atoms with van der Waals surface area (Å²) in [7, 11) is 0. The average molecular weight is 744 g/mol. The maximum Gasteiger partial charge on any atom is 0.0485 e. The van der Waals surface area contributed by atoms with Crippen LogP contribution in [0, 0.1) is 0 Å². The summed E-state index contributed by atoms with van der Waals surface area (Å²) in [6.07, 6.45) is 0. The van der Waals surface area contributed by atoms with Crippen LogP contribution in [-0.4, -0.2) is 0 Å². The van der Waals surface area contributed by atoms with E-state index in [1.807, 2.05) is 0 Å². The molecule has 58 heavy (non-hydrogen) atoms. The third kappa shape index (κ3) is 5.43. The van der Waals surface area contributed by atoms with Crippen molar-refractivity contribution >= 4 is 56.3 Å². The zero-order chi connectivity index (χ0) is 38.8. The predicted octanol–water partition coefficient (Wildman–Crippen LogP) is 15.5. The largest absolute Gasteiger partial charge is 0.354 e. The second-order valence-corrected chi connectivity index (χ2v) is 15.9. The summed E-state index contributed by atoms with van der Waals surface area (Å²) in [5.41, 5.74) is 19.1. The smallest absolute Gasteiger partial charge is 0.0485 e. The number of nitrogens with zero attached hydrogens (tertiary/aromatic N) is 2. The molecule has 3 heteroatoms. The Morgan fingerprint density at radius 3 is 1.38 bits per heavy atom. The summed E-state index contributed by atoms with van der Waals surface area (Å²) < 4.78 is 0. The van der Waals surface area contributed by atoms with Gasteiger partial charge in [0.15, 0.2) is 0 Å². The Balaban J connectivity index is 0.973. The third-order valence-electron chi connectivity index (χ3n) is 12.1. The van der Waals surface area contributed by atoms with E-state index in [1.165, 1.54) is 55.3 Å². The van der Waals surface area contributed by atoms with Crippen LogP contribution in [0.25, 0.3) is 44.2 Å². The molecule has 0 unspecified atom stereocenters. The van der Waals surface area contributed by atoms with Gasteiger partial charge < -0.3 is 15.1 Å². The Labute approximate surface area is 340 Å². The fourth-order valence-electron chi connectivity index (χ4n) is 9.38. The van der Waals surface area contributed by atoms with Gasteiger partial charge in [0.1, 0.15) is 0 Å². The van der Waals surface area contributed by atoms with Crippen molar-refractivity contribution < 1.29 is 0 Å². The maximum atomic E-state index is 3.86. The molecule has 0 saturated heterocycles. The Morgan fingerprint density at radius 2 is 0.810 bits per heavy atom. The lowest BCUT2D eigenvalue weighted by atomic mass is 9.81. The zero-order valence-corrected chi connectivity index (χ0v) is 32.5. The van der Waals surface area contributed by atoms with Gasteiger partial charge in [0.05, 0.1) is 0 Å². The molecule has 9 aromatic carbocycles. The first-order valence-electron chi connectivity index (χ1n) is 20.1. The van der Waals surface area contributed by atoms with Crippen molar-refractivity contribution in [3.05, 3.63) is 217 Å². The summed E-state index contributed by atoms with van der Waals surface area (Å²) in [6.45, 7) is 4.76. The number of fused-ring (bicyclic) bond motifs is 5. The van der Waals surface area contributed by atoms with Crippen molar-refractivity contribution in [3.8, 4) is 33.4 Å². The van der Waals surface area contributed by atoms with Gasteiger partial charge in [0.25, 0.3) is 0 Å². The monoisotopic (exact) mass is 743 g/mol. The lowest BCUT2D eigenvalue weighted by Crippen LogP contribution is -2.16. The van der Waals surface area contributed by atoms with Crippen molar-refractivity contribution in [3.63, 3.8) is 0 Å². The predicted molar refractivity (Wildman–Crippen MR) is 245 cm³/mol. The van der Waals surface area contributed by atoms with Gasteiger partial charge in [-0.15, -0.1) is 0 Å². The average Bonchev–Trinajstić information content (AvgIpc) is 3.50. The molecule has 0 radical (unpaired) electrons. The van der Waals surface area contributed by atoms with Crippen molar-refractivity contribution in [2.75, 3.05) is 15.1 Å². The molecule has 1 aliphatic heterocycles. The fraction of sp³-hybridized carbons (Fsp3) is 0.0545. The molecular formula is C55H41N3. The van der Waals surface area contributed by atoms with E-state index < -0.39 is 0 Å². The van der Waals surface area contributed by atoms with E-state index in [9.17, 15) is 0 Å². The quantitative estimate of drug-likeness (QED) is 0.175. The lowest BCUT2D eigenvalue weighted by Gasteiger charge is -2.29. The molecule has 0 amide bonds. The first-order chi connectivity index (χ1) is 28.5. The second kappa shape index (κ2) is 13.4. The summed E-state index contributed by atoms with van der Waals surface area (Å²) >= 11 is 0. The van der Waals surface area contributed by atoms with Crippen LogP contribution in [-0.2, 0) is 5.41 Å². The molecule has 2 aliphatic rings. The Morgan fingerprint density at radius 1 is 0.345 bits per heavy atom. The Kier molecular flexibility index (Phi) is 7.84. The standard InChI is InChI=1S/C55H41N3/c1-55(2)50-34-37(26-29-45(50)46-30-27-42(35-51(46)55)57(38-16-7-3-8-17-38)39-18-9-4-10-19-39)44-32-33-49-47-31-28-43(36-53(47)56-52-25-15-24-48(44)54(49)52)58(40-20-11-5-12-21-40)41-22-13-6-14-23-41/h3-36,56H,1-2H3. The minimum atomic E-state index is -0.187. The fourth-order valence-corrected chi connectivity index (χ4v) is 9.38. The van der Waals surface area contributed by atoms with Crippen LogP contribution in [0.1, 0.15) is 25.0 Å². The van der Waals surface area contributed by atoms with E-state index in [0.717, 1.165) is 45.5 Å². The highest BCUT2D eigenvalue weighted by Gasteiger charge is 2.36. The molecule has 1 heterocycles. The highest BCUT2D eigenvalue weighted by molar-refractivity contribution is 6.16. The normalized spacial score (nSPS) is 12.9. The van der Waals surface area contributed by atoms with Gasteiger partial charge >= 0.3 is 0 Å². The number of hydrogen-bond donors (Lipinski definition) is 1. The number of hydrogen-bond acceptors (Lipinski definition) is 3. The van der Waals surface area contributed by atoms with E-state index in [-0.39, 0.29) is 5.41 Å². The Bertz CT molecular complexity index is 2910. The van der Waals surface area contributed by atoms with Crippen LogP contribution in [0.4, 0.5) is 45.5 Å². The molecule has 0 aromatic heterocycles. The molecule has 11 rings (SSSR count). The maximum absolute atomic E-state index is 3.86. The molecule has 3 nitrogen and oxygen atoms in total. The van der Waals surface area contributed by atoms with Crippen molar-refractivity contribution in [1.29, 1.82) is 0 Å². The minimum absolute atomic E-state index is 0.187. The SMILES string of the molecule is CC1(C)c2cc(-c3ccc4c5c(cccc35)Nc3cc(N(c5ccccc5)c5ccccc5)ccc3-4)ccc2-c2ccc(N(c3ccccc3)c3ccccc3)cc21. The van der Waals surface area contributed by atoms with Crippen molar-refractivity contribution in [1.82, 2.24) is 0 Å². The van der Waals surface area contributed by atoms with Crippen LogP contribution in [0.15, 0.2) is 206 Å². The van der Waals surface area contributed by atoms with E-state index in [1.54, 1.807) is 0 Å². The van der Waals surface area contributed by atoms with Gasteiger partial charge in [-0.05, 0) is 129 Å². The van der Waals surface area contributed by atoms with E-state index in [4.69, 9.17) is 0 Å². The molecule has 0 saturated carbocycles. The highest BCUT2D eigenvalue weighted by Crippen LogP contribution is 2.53. The first-order valence-corrected chi connectivity index (χ1v) is 20.1. The van der Waals surface area contributed by atoms with E-state index in [2.05, 4.69) is 235 Å². The van der Waals surface area contributed by atoms with Crippen LogP contribution in [0.3, 0.4) is 0 Å². The van der Waals surface area contributed by atoms with Gasteiger partial charge in [-0.1, -0.05) is 135 Å². The van der Waals surface area contributed by atoms with Gasteiger partial charge in [-0.3, -0.25) is 0 Å². The van der Waals surface area contributed by atoms with E-state index >= 15 is 0 Å². The van der Waals surface area contributed by atoms with Gasteiger partial charge in [0, 0.05) is 61.9 Å². The lowest BCUT2D eigenvalue weighted by molar-refractivity contribution is 0.660. The van der Waals surface area contributed by atoms with Crippen LogP contribution < -0.4 is 15.1 Å². The third-order valence-corrected chi connectivity index (χ3v) is 12.1. The number of benzene rings is 9. The number of nitrogens with one attached hydrogen (secondary N) is 1. The van der Waals surface area contributed by atoms with Crippen LogP contribution >= 0.6 is 0 Å². The number of anilines is 8. The van der Waals surface area contributed by atoms with Crippen molar-refractivity contribution in [2.45, 2.75) is 19.3 Å². The summed E-state index contributed by atoms with van der Waals surface area (Å²) in [5.74, 6) is 0. The second-order valence-electron chi connectivity index (χ2n) is 15.9. The topological polar surface area (TPSA) is 18.5 Å². The molecule has 0 fully saturated rings. The molecule has 9 aromatic rings. The van der Waals surface area contributed by atoms with Crippen LogP contribution in [0.5, 0.6) is 0 Å². The van der Waals surface area contributed by atoms with Gasteiger partial charge in [-0.2, -0.15) is 0 Å². The van der Waals surface area contributed by atoms with Crippen LogP contribution in [0.2, 0.25) is 0 Å². The molecule has 0 spiro atoms. The number of para-hydroxylation sites is 4. The Hall–Kier alpha value is -7.36. The molecule has 0 bridgehead atoms. The molecular weight excluding hydrogens is 703 g/mol. The highest BCUT2D eigenvalue weighted by atomic mass is 15.1. The molecule has 1 aliphatic carbocycles. The molecule has 0 atom stereocenters. The van der Waals surface area contributed by atoms with E-state index in [0.29, 0.717) is 0 Å².